The van der Waals surface area contributed by atoms with E-state index in [0.29, 0.717) is 5.75 Å². The summed E-state index contributed by atoms with van der Waals surface area (Å²) in [7, 11) is 1.69. The molecule has 1 saturated carbocycles. The number of benzene rings is 2. The van der Waals surface area contributed by atoms with Gasteiger partial charge in [-0.25, -0.2) is 0 Å². The average molecular weight is 268 g/mol. The van der Waals surface area contributed by atoms with Gasteiger partial charge < -0.3 is 9.84 Å². The Balaban J connectivity index is 2.04. The van der Waals surface area contributed by atoms with Crippen LogP contribution < -0.4 is 4.74 Å². The number of aromatic hydroxyl groups is 1. The largest absolute Gasteiger partial charge is 0.508 e. The summed E-state index contributed by atoms with van der Waals surface area (Å²) in [6.07, 6.45) is 4.86. The molecule has 0 saturated heterocycles. The van der Waals surface area contributed by atoms with Crippen molar-refractivity contribution in [2.75, 3.05) is 7.11 Å². The molecule has 2 aromatic rings. The first kappa shape index (κ1) is 13.0. The molecule has 0 radical (unpaired) electrons. The third-order valence-electron chi connectivity index (χ3n) is 4.52. The fourth-order valence-corrected chi connectivity index (χ4v) is 3.41. The predicted molar refractivity (Wildman–Crippen MR) is 80.3 cm³/mol. The van der Waals surface area contributed by atoms with Crippen molar-refractivity contribution in [3.8, 4) is 11.5 Å². The molecule has 104 valence electrons. The molecule has 0 heterocycles. The first-order chi connectivity index (χ1) is 9.74. The summed E-state index contributed by atoms with van der Waals surface area (Å²) in [5.41, 5.74) is 2.75. The van der Waals surface area contributed by atoms with Crippen molar-refractivity contribution in [2.24, 2.45) is 0 Å². The smallest absolute Gasteiger partial charge is 0.118 e. The van der Waals surface area contributed by atoms with E-state index in [1.165, 1.54) is 36.8 Å². The van der Waals surface area contributed by atoms with Crippen molar-refractivity contribution in [1.82, 2.24) is 0 Å². The lowest BCUT2D eigenvalue weighted by molar-refractivity contribution is 0.414. The van der Waals surface area contributed by atoms with Gasteiger partial charge in [0.25, 0.3) is 0 Å². The van der Waals surface area contributed by atoms with Crippen LogP contribution in [0.4, 0.5) is 0 Å². The maximum Gasteiger partial charge on any atom is 0.118 e. The van der Waals surface area contributed by atoms with Crippen LogP contribution in [0.5, 0.6) is 11.5 Å². The number of ether oxygens (including phenoxy) is 1. The second-order valence-electron chi connectivity index (χ2n) is 5.56. The highest BCUT2D eigenvalue weighted by atomic mass is 16.5. The minimum Gasteiger partial charge on any atom is -0.508 e. The Morgan fingerprint density at radius 1 is 0.850 bits per heavy atom. The molecule has 0 bridgehead atoms. The van der Waals surface area contributed by atoms with Gasteiger partial charge in [0, 0.05) is 5.41 Å². The second-order valence-corrected chi connectivity index (χ2v) is 5.56. The van der Waals surface area contributed by atoms with Crippen molar-refractivity contribution in [3.63, 3.8) is 0 Å². The van der Waals surface area contributed by atoms with Crippen LogP contribution >= 0.6 is 0 Å². The zero-order valence-corrected chi connectivity index (χ0v) is 11.8. The summed E-state index contributed by atoms with van der Waals surface area (Å²) in [5, 5.41) is 9.51. The van der Waals surface area contributed by atoms with Crippen LogP contribution in [0.25, 0.3) is 0 Å². The van der Waals surface area contributed by atoms with E-state index < -0.39 is 0 Å². The van der Waals surface area contributed by atoms with E-state index in [1.54, 1.807) is 19.2 Å². The van der Waals surface area contributed by atoms with E-state index in [2.05, 4.69) is 24.3 Å². The van der Waals surface area contributed by atoms with Gasteiger partial charge in [-0.05, 0) is 48.2 Å². The molecule has 0 aromatic heterocycles. The van der Waals surface area contributed by atoms with E-state index in [0.717, 1.165) is 5.75 Å². The first-order valence-corrected chi connectivity index (χ1v) is 7.19. The number of hydrogen-bond donors (Lipinski definition) is 1. The highest BCUT2D eigenvalue weighted by Crippen LogP contribution is 2.46. The van der Waals surface area contributed by atoms with Crippen molar-refractivity contribution in [1.29, 1.82) is 0 Å². The van der Waals surface area contributed by atoms with Gasteiger partial charge in [-0.2, -0.15) is 0 Å². The van der Waals surface area contributed by atoms with Crippen molar-refractivity contribution >= 4 is 0 Å². The standard InChI is InChI=1S/C18H20O2/c1-20-17-10-6-15(7-11-17)18(12-2-3-13-18)14-4-8-16(19)9-5-14/h4-11,19H,2-3,12-13H2,1H3. The van der Waals surface area contributed by atoms with Crippen LogP contribution in [0, 0.1) is 0 Å². The first-order valence-electron chi connectivity index (χ1n) is 7.19. The molecule has 20 heavy (non-hydrogen) atoms. The molecule has 3 rings (SSSR count). The molecule has 1 fully saturated rings. The molecule has 2 nitrogen and oxygen atoms in total. The molecule has 0 spiro atoms. The van der Waals surface area contributed by atoms with Crippen LogP contribution in [0.3, 0.4) is 0 Å². The highest BCUT2D eigenvalue weighted by Gasteiger charge is 2.37. The normalized spacial score (nSPS) is 17.1. The molecule has 0 atom stereocenters. The lowest BCUT2D eigenvalue weighted by Gasteiger charge is -2.30. The van der Waals surface area contributed by atoms with Crippen molar-refractivity contribution in [2.45, 2.75) is 31.1 Å². The Bertz CT molecular complexity index is 563. The van der Waals surface area contributed by atoms with E-state index >= 15 is 0 Å². The minimum atomic E-state index is 0.0972. The van der Waals surface area contributed by atoms with Crippen LogP contribution in [0.15, 0.2) is 48.5 Å². The van der Waals surface area contributed by atoms with Crippen LogP contribution in [-0.2, 0) is 5.41 Å². The van der Waals surface area contributed by atoms with Crippen molar-refractivity contribution < 1.29 is 9.84 Å². The Morgan fingerprint density at radius 3 is 1.85 bits per heavy atom. The van der Waals surface area contributed by atoms with Gasteiger partial charge in [-0.1, -0.05) is 37.1 Å². The number of methoxy groups -OCH3 is 1. The van der Waals surface area contributed by atoms with Crippen LogP contribution in [0.2, 0.25) is 0 Å². The van der Waals surface area contributed by atoms with Gasteiger partial charge >= 0.3 is 0 Å². The van der Waals surface area contributed by atoms with Gasteiger partial charge in [-0.3, -0.25) is 0 Å². The number of rotatable bonds is 3. The topological polar surface area (TPSA) is 29.5 Å². The molecule has 1 aliphatic rings. The molecule has 0 amide bonds. The van der Waals surface area contributed by atoms with E-state index in [9.17, 15) is 5.11 Å². The molecule has 1 N–H and O–H groups in total. The molecule has 0 aliphatic heterocycles. The highest BCUT2D eigenvalue weighted by molar-refractivity contribution is 5.43. The lowest BCUT2D eigenvalue weighted by Crippen LogP contribution is -2.23. The lowest BCUT2D eigenvalue weighted by atomic mass is 9.73. The SMILES string of the molecule is COc1ccc(C2(c3ccc(O)cc3)CCCC2)cc1. The van der Waals surface area contributed by atoms with Gasteiger partial charge in [0.1, 0.15) is 11.5 Å². The Hall–Kier alpha value is -1.96. The maximum absolute atomic E-state index is 9.51. The zero-order chi connectivity index (χ0) is 14.0. The molecule has 2 heteroatoms. The number of phenolic OH excluding ortho intramolecular Hbond substituents is 1. The Kier molecular flexibility index (Phi) is 3.39. The van der Waals surface area contributed by atoms with Crippen LogP contribution in [0.1, 0.15) is 36.8 Å². The number of hydrogen-bond acceptors (Lipinski definition) is 2. The van der Waals surface area contributed by atoms with Crippen molar-refractivity contribution in [3.05, 3.63) is 59.7 Å². The fraction of sp³-hybridized carbons (Fsp3) is 0.333. The molecular weight excluding hydrogens is 248 g/mol. The minimum absolute atomic E-state index is 0.0972. The van der Waals surface area contributed by atoms with Crippen LogP contribution in [-0.4, -0.2) is 12.2 Å². The van der Waals surface area contributed by atoms with Gasteiger partial charge in [0.05, 0.1) is 7.11 Å². The fourth-order valence-electron chi connectivity index (χ4n) is 3.41. The maximum atomic E-state index is 9.51. The van der Waals surface area contributed by atoms with Gasteiger partial charge in [0.15, 0.2) is 0 Å². The van der Waals surface area contributed by atoms with E-state index in [-0.39, 0.29) is 5.41 Å². The average Bonchev–Trinajstić information content (AvgIpc) is 2.99. The quantitative estimate of drug-likeness (QED) is 0.901. The molecular formula is C18H20O2. The molecule has 1 aliphatic carbocycles. The van der Waals surface area contributed by atoms with E-state index in [1.807, 2.05) is 12.1 Å². The third kappa shape index (κ3) is 2.15. The van der Waals surface area contributed by atoms with Gasteiger partial charge in [0.2, 0.25) is 0 Å². The number of phenols is 1. The summed E-state index contributed by atoms with van der Waals surface area (Å²) >= 11 is 0. The second kappa shape index (κ2) is 5.20. The monoisotopic (exact) mass is 268 g/mol. The zero-order valence-electron chi connectivity index (χ0n) is 11.8. The van der Waals surface area contributed by atoms with E-state index in [4.69, 9.17) is 4.74 Å². The summed E-state index contributed by atoms with van der Waals surface area (Å²) < 4.78 is 5.25. The predicted octanol–water partition coefficient (Wildman–Crippen LogP) is 4.26. The Morgan fingerprint density at radius 2 is 1.35 bits per heavy atom. The molecule has 2 aromatic carbocycles. The summed E-state index contributed by atoms with van der Waals surface area (Å²) in [4.78, 5) is 0. The Labute approximate surface area is 120 Å². The summed E-state index contributed by atoms with van der Waals surface area (Å²) in [5.74, 6) is 1.23. The molecule has 0 unspecified atom stereocenters. The van der Waals surface area contributed by atoms with Gasteiger partial charge in [-0.15, -0.1) is 0 Å². The third-order valence-corrected chi connectivity index (χ3v) is 4.52. The summed E-state index contributed by atoms with van der Waals surface area (Å²) in [6, 6.07) is 16.1. The summed E-state index contributed by atoms with van der Waals surface area (Å²) in [6.45, 7) is 0.